The lowest BCUT2D eigenvalue weighted by Crippen LogP contribution is -2.45. The van der Waals surface area contributed by atoms with Crippen molar-refractivity contribution in [1.29, 1.82) is 0 Å². The molecule has 0 spiro atoms. The van der Waals surface area contributed by atoms with Gasteiger partial charge in [-0.25, -0.2) is 0 Å². The third-order valence-corrected chi connectivity index (χ3v) is 4.69. The number of aliphatic hydroxyl groups excluding tert-OH is 1. The summed E-state index contributed by atoms with van der Waals surface area (Å²) < 4.78 is 0. The Bertz CT molecular complexity index is 226. The van der Waals surface area contributed by atoms with Crippen LogP contribution in [0.15, 0.2) is 0 Å². The van der Waals surface area contributed by atoms with Crippen molar-refractivity contribution in [3.63, 3.8) is 0 Å². The minimum Gasteiger partial charge on any atom is -0.393 e. The topological polar surface area (TPSA) is 35.5 Å². The molecule has 2 saturated heterocycles. The Hall–Kier alpha value is -0.120. The smallest absolute Gasteiger partial charge is 0.0564 e. The molecule has 0 aromatic carbocycles. The Morgan fingerprint density at radius 1 is 1.00 bits per heavy atom. The fourth-order valence-corrected chi connectivity index (χ4v) is 3.79. The van der Waals surface area contributed by atoms with Crippen molar-refractivity contribution in [2.75, 3.05) is 26.2 Å². The van der Waals surface area contributed by atoms with Crippen LogP contribution in [-0.4, -0.2) is 48.3 Å². The van der Waals surface area contributed by atoms with Gasteiger partial charge in [-0.3, -0.25) is 4.90 Å². The van der Waals surface area contributed by atoms with Gasteiger partial charge >= 0.3 is 0 Å². The van der Waals surface area contributed by atoms with E-state index in [1.54, 1.807) is 0 Å². The van der Waals surface area contributed by atoms with Gasteiger partial charge in [0.2, 0.25) is 0 Å². The second-order valence-corrected chi connectivity index (χ2v) is 5.49. The van der Waals surface area contributed by atoms with Crippen molar-refractivity contribution < 1.29 is 5.11 Å². The van der Waals surface area contributed by atoms with E-state index in [1.165, 1.54) is 25.9 Å². The van der Waals surface area contributed by atoms with Gasteiger partial charge in [0.25, 0.3) is 0 Å². The van der Waals surface area contributed by atoms with E-state index in [4.69, 9.17) is 0 Å². The fourth-order valence-electron chi connectivity index (χ4n) is 3.79. The lowest BCUT2D eigenvalue weighted by Gasteiger charge is -2.37. The average Bonchev–Trinajstić information content (AvgIpc) is 2.80. The Morgan fingerprint density at radius 3 is 2.60 bits per heavy atom. The first kappa shape index (κ1) is 10.1. The number of likely N-dealkylation sites (tertiary alicyclic amines) is 1. The first-order chi connectivity index (χ1) is 7.34. The summed E-state index contributed by atoms with van der Waals surface area (Å²) in [5.74, 6) is 1.85. The Kier molecular flexibility index (Phi) is 2.71. The van der Waals surface area contributed by atoms with Gasteiger partial charge in [0.15, 0.2) is 0 Å². The van der Waals surface area contributed by atoms with E-state index >= 15 is 0 Å². The molecular weight excluding hydrogens is 188 g/mol. The van der Waals surface area contributed by atoms with E-state index in [9.17, 15) is 5.11 Å². The van der Waals surface area contributed by atoms with Crippen LogP contribution < -0.4 is 5.32 Å². The van der Waals surface area contributed by atoms with Gasteiger partial charge < -0.3 is 10.4 Å². The molecule has 3 aliphatic rings. The third kappa shape index (κ3) is 1.81. The predicted molar refractivity (Wildman–Crippen MR) is 59.7 cm³/mol. The van der Waals surface area contributed by atoms with Gasteiger partial charge in [-0.1, -0.05) is 0 Å². The zero-order valence-electron chi connectivity index (χ0n) is 9.36. The maximum absolute atomic E-state index is 9.52. The first-order valence-corrected chi connectivity index (χ1v) is 6.47. The number of hydrogen-bond acceptors (Lipinski definition) is 3. The second-order valence-electron chi connectivity index (χ2n) is 5.49. The maximum Gasteiger partial charge on any atom is 0.0564 e. The fraction of sp³-hybridized carbons (Fsp3) is 1.00. The number of fused-ring (bicyclic) bond motifs is 1. The highest BCUT2D eigenvalue weighted by atomic mass is 16.3. The van der Waals surface area contributed by atoms with Crippen molar-refractivity contribution >= 4 is 0 Å². The Labute approximate surface area is 91.8 Å². The molecule has 3 nitrogen and oxygen atoms in total. The van der Waals surface area contributed by atoms with Crippen LogP contribution in [-0.2, 0) is 0 Å². The van der Waals surface area contributed by atoms with Gasteiger partial charge in [0.05, 0.1) is 6.10 Å². The van der Waals surface area contributed by atoms with Crippen LogP contribution in [0.4, 0.5) is 0 Å². The summed E-state index contributed by atoms with van der Waals surface area (Å²) >= 11 is 0. The summed E-state index contributed by atoms with van der Waals surface area (Å²) in [7, 11) is 0. The quantitative estimate of drug-likeness (QED) is 0.659. The molecule has 3 heteroatoms. The third-order valence-electron chi connectivity index (χ3n) is 4.69. The monoisotopic (exact) mass is 210 g/mol. The highest BCUT2D eigenvalue weighted by Gasteiger charge is 2.42. The summed E-state index contributed by atoms with van der Waals surface area (Å²) in [6.45, 7) is 4.72. The van der Waals surface area contributed by atoms with Crippen LogP contribution in [0.1, 0.15) is 25.7 Å². The van der Waals surface area contributed by atoms with Gasteiger partial charge in [-0.15, -0.1) is 0 Å². The molecule has 3 fully saturated rings. The van der Waals surface area contributed by atoms with Crippen molar-refractivity contribution in [2.45, 2.75) is 37.8 Å². The number of hydrogen-bond donors (Lipinski definition) is 2. The number of nitrogens with one attached hydrogen (secondary N) is 1. The molecule has 1 aliphatic carbocycles. The van der Waals surface area contributed by atoms with Crippen LogP contribution in [0, 0.1) is 11.8 Å². The van der Waals surface area contributed by atoms with Gasteiger partial charge in [0.1, 0.15) is 0 Å². The van der Waals surface area contributed by atoms with Crippen LogP contribution in [0.2, 0.25) is 0 Å². The van der Waals surface area contributed by atoms with Gasteiger partial charge in [0, 0.05) is 19.1 Å². The largest absolute Gasteiger partial charge is 0.393 e. The molecule has 2 heterocycles. The second kappa shape index (κ2) is 4.04. The molecule has 0 aromatic rings. The first-order valence-electron chi connectivity index (χ1n) is 6.47. The van der Waals surface area contributed by atoms with E-state index < -0.39 is 0 Å². The maximum atomic E-state index is 9.52. The highest BCUT2D eigenvalue weighted by Crippen LogP contribution is 2.38. The van der Waals surface area contributed by atoms with Gasteiger partial charge in [-0.2, -0.15) is 0 Å². The van der Waals surface area contributed by atoms with Crippen molar-refractivity contribution in [3.8, 4) is 0 Å². The molecule has 3 unspecified atom stereocenters. The molecule has 86 valence electrons. The molecule has 3 atom stereocenters. The molecule has 2 N–H and O–H groups in total. The van der Waals surface area contributed by atoms with Crippen molar-refractivity contribution in [3.05, 3.63) is 0 Å². The van der Waals surface area contributed by atoms with Gasteiger partial charge in [-0.05, 0) is 50.6 Å². The summed E-state index contributed by atoms with van der Waals surface area (Å²) in [6, 6.07) is 0.817. The SMILES string of the molecule is OC1CCN(C2CCC3CNCC32)CC1. The minimum atomic E-state index is -0.0276. The van der Waals surface area contributed by atoms with E-state index in [2.05, 4.69) is 10.2 Å². The average molecular weight is 210 g/mol. The molecule has 1 saturated carbocycles. The molecule has 15 heavy (non-hydrogen) atoms. The summed E-state index contributed by atoms with van der Waals surface area (Å²) in [5, 5.41) is 13.0. The number of aliphatic hydroxyl groups is 1. The van der Waals surface area contributed by atoms with Crippen LogP contribution in [0.25, 0.3) is 0 Å². The van der Waals surface area contributed by atoms with E-state index in [0.29, 0.717) is 0 Å². The minimum absolute atomic E-state index is 0.0276. The normalized spacial score (nSPS) is 43.4. The summed E-state index contributed by atoms with van der Waals surface area (Å²) in [5.41, 5.74) is 0. The lowest BCUT2D eigenvalue weighted by molar-refractivity contribution is 0.0505. The predicted octanol–water partition coefficient (Wildman–Crippen LogP) is 0.441. The standard InChI is InChI=1S/C12H22N2O/c15-10-3-5-14(6-4-10)12-2-1-9-7-13-8-11(9)12/h9-13,15H,1-8H2. The Balaban J connectivity index is 1.62. The van der Waals surface area contributed by atoms with E-state index in [0.717, 1.165) is 43.8 Å². The van der Waals surface area contributed by atoms with Crippen LogP contribution >= 0.6 is 0 Å². The lowest BCUT2D eigenvalue weighted by atomic mass is 9.95. The molecule has 0 aromatic heterocycles. The molecule has 0 bridgehead atoms. The van der Waals surface area contributed by atoms with Crippen LogP contribution in [0.3, 0.4) is 0 Å². The summed E-state index contributed by atoms with van der Waals surface area (Å²) in [6.07, 6.45) is 4.76. The van der Waals surface area contributed by atoms with E-state index in [-0.39, 0.29) is 6.10 Å². The molecule has 0 radical (unpaired) electrons. The Morgan fingerprint density at radius 2 is 1.80 bits per heavy atom. The number of rotatable bonds is 1. The molecule has 2 aliphatic heterocycles. The number of piperidine rings is 1. The zero-order chi connectivity index (χ0) is 10.3. The van der Waals surface area contributed by atoms with Crippen LogP contribution in [0.5, 0.6) is 0 Å². The zero-order valence-corrected chi connectivity index (χ0v) is 9.36. The highest BCUT2D eigenvalue weighted by molar-refractivity contribution is 4.97. The van der Waals surface area contributed by atoms with Crippen molar-refractivity contribution in [1.82, 2.24) is 10.2 Å². The molecule has 0 amide bonds. The van der Waals surface area contributed by atoms with E-state index in [1.807, 2.05) is 0 Å². The number of nitrogens with zero attached hydrogens (tertiary/aromatic N) is 1. The molecule has 3 rings (SSSR count). The van der Waals surface area contributed by atoms with Crippen molar-refractivity contribution in [2.24, 2.45) is 11.8 Å². The molecular formula is C12H22N2O. The summed E-state index contributed by atoms with van der Waals surface area (Å²) in [4.78, 5) is 2.64.